The van der Waals surface area contributed by atoms with E-state index in [1.54, 1.807) is 7.11 Å². The predicted molar refractivity (Wildman–Crippen MR) is 87.1 cm³/mol. The first kappa shape index (κ1) is 17.2. The standard InChI is InChI=1S/C15H22Br2O2/c1-18-9-10-19-8-4-5-13(12-16)11-14-6-2-3-7-15(14)17/h2-3,6-7,13H,4-5,8-12H2,1H3. The minimum Gasteiger partial charge on any atom is -0.382 e. The Labute approximate surface area is 133 Å². The average Bonchev–Trinajstić information content (AvgIpc) is 2.43. The summed E-state index contributed by atoms with van der Waals surface area (Å²) in [5.74, 6) is 0.657. The molecular formula is C15H22Br2O2. The van der Waals surface area contributed by atoms with Crippen molar-refractivity contribution in [2.24, 2.45) is 5.92 Å². The van der Waals surface area contributed by atoms with Crippen molar-refractivity contribution in [3.05, 3.63) is 34.3 Å². The Bertz CT molecular complexity index is 345. The molecule has 0 aromatic heterocycles. The molecule has 0 saturated heterocycles. The molecular weight excluding hydrogens is 372 g/mol. The Balaban J connectivity index is 2.24. The van der Waals surface area contributed by atoms with E-state index in [9.17, 15) is 0 Å². The Morgan fingerprint density at radius 3 is 2.63 bits per heavy atom. The molecule has 4 heteroatoms. The van der Waals surface area contributed by atoms with Gasteiger partial charge in [0.05, 0.1) is 13.2 Å². The Hall–Kier alpha value is 0.1000. The molecule has 0 fully saturated rings. The molecule has 1 rings (SSSR count). The summed E-state index contributed by atoms with van der Waals surface area (Å²) in [4.78, 5) is 0. The van der Waals surface area contributed by atoms with Crippen LogP contribution in [-0.4, -0.2) is 32.3 Å². The fraction of sp³-hybridized carbons (Fsp3) is 0.600. The van der Waals surface area contributed by atoms with Gasteiger partial charge < -0.3 is 9.47 Å². The lowest BCUT2D eigenvalue weighted by molar-refractivity contribution is 0.0675. The van der Waals surface area contributed by atoms with Crippen LogP contribution in [0.1, 0.15) is 18.4 Å². The second-order valence-electron chi connectivity index (χ2n) is 4.56. The number of rotatable bonds is 10. The van der Waals surface area contributed by atoms with Crippen LogP contribution in [0.3, 0.4) is 0 Å². The second-order valence-corrected chi connectivity index (χ2v) is 6.07. The number of methoxy groups -OCH3 is 1. The fourth-order valence-corrected chi connectivity index (χ4v) is 2.93. The number of halogens is 2. The van der Waals surface area contributed by atoms with Crippen LogP contribution in [0.4, 0.5) is 0 Å². The number of ether oxygens (including phenoxy) is 2. The van der Waals surface area contributed by atoms with Gasteiger partial charge in [0.15, 0.2) is 0 Å². The Kier molecular flexibility index (Phi) is 9.78. The molecule has 1 unspecified atom stereocenters. The molecule has 0 bridgehead atoms. The van der Waals surface area contributed by atoms with Gasteiger partial charge in [0.1, 0.15) is 0 Å². The Morgan fingerprint density at radius 1 is 1.16 bits per heavy atom. The van der Waals surface area contributed by atoms with E-state index in [0.29, 0.717) is 19.1 Å². The van der Waals surface area contributed by atoms with E-state index < -0.39 is 0 Å². The zero-order valence-electron chi connectivity index (χ0n) is 11.4. The molecule has 0 heterocycles. The van der Waals surface area contributed by atoms with E-state index in [4.69, 9.17) is 9.47 Å². The molecule has 1 aromatic carbocycles. The number of hydrogen-bond donors (Lipinski definition) is 0. The van der Waals surface area contributed by atoms with Crippen LogP contribution < -0.4 is 0 Å². The molecule has 0 aliphatic heterocycles. The van der Waals surface area contributed by atoms with Gasteiger partial charge in [-0.1, -0.05) is 50.1 Å². The molecule has 0 amide bonds. The highest BCUT2D eigenvalue weighted by Gasteiger charge is 2.10. The highest BCUT2D eigenvalue weighted by Crippen LogP contribution is 2.22. The normalized spacial score (nSPS) is 12.6. The highest BCUT2D eigenvalue weighted by molar-refractivity contribution is 9.10. The zero-order valence-corrected chi connectivity index (χ0v) is 14.6. The van der Waals surface area contributed by atoms with E-state index in [1.807, 2.05) is 0 Å². The van der Waals surface area contributed by atoms with E-state index in [0.717, 1.165) is 24.8 Å². The van der Waals surface area contributed by atoms with Crippen LogP contribution >= 0.6 is 31.9 Å². The van der Waals surface area contributed by atoms with Crippen LogP contribution in [0.2, 0.25) is 0 Å². The van der Waals surface area contributed by atoms with E-state index in [1.165, 1.54) is 16.5 Å². The van der Waals surface area contributed by atoms with Crippen molar-refractivity contribution in [2.75, 3.05) is 32.3 Å². The number of hydrogen-bond acceptors (Lipinski definition) is 2. The van der Waals surface area contributed by atoms with Gasteiger partial charge in [-0.3, -0.25) is 0 Å². The number of alkyl halides is 1. The molecule has 0 N–H and O–H groups in total. The molecule has 19 heavy (non-hydrogen) atoms. The SMILES string of the molecule is COCCOCCCC(CBr)Cc1ccccc1Br. The largest absolute Gasteiger partial charge is 0.382 e. The second kappa shape index (κ2) is 10.8. The van der Waals surface area contributed by atoms with Crippen molar-refractivity contribution in [2.45, 2.75) is 19.3 Å². The summed E-state index contributed by atoms with van der Waals surface area (Å²) in [6, 6.07) is 8.45. The summed E-state index contributed by atoms with van der Waals surface area (Å²) in [6.45, 7) is 2.20. The van der Waals surface area contributed by atoms with E-state index in [2.05, 4.69) is 56.1 Å². The quantitative estimate of drug-likeness (QED) is 0.432. The first-order valence-corrected chi connectivity index (χ1v) is 8.55. The van der Waals surface area contributed by atoms with Crippen LogP contribution in [0.15, 0.2) is 28.7 Å². The average molecular weight is 394 g/mol. The molecule has 0 radical (unpaired) electrons. The van der Waals surface area contributed by atoms with Crippen molar-refractivity contribution in [1.29, 1.82) is 0 Å². The Morgan fingerprint density at radius 2 is 1.95 bits per heavy atom. The van der Waals surface area contributed by atoms with Crippen molar-refractivity contribution >= 4 is 31.9 Å². The predicted octanol–water partition coefficient (Wildman–Crippen LogP) is 4.45. The van der Waals surface area contributed by atoms with E-state index >= 15 is 0 Å². The molecule has 0 saturated carbocycles. The third-order valence-electron chi connectivity index (χ3n) is 3.02. The lowest BCUT2D eigenvalue weighted by Gasteiger charge is -2.15. The van der Waals surface area contributed by atoms with Gasteiger partial charge in [0, 0.05) is 23.5 Å². The molecule has 0 aliphatic carbocycles. The lowest BCUT2D eigenvalue weighted by Crippen LogP contribution is -2.09. The summed E-state index contributed by atoms with van der Waals surface area (Å²) in [5.41, 5.74) is 1.38. The number of benzene rings is 1. The van der Waals surface area contributed by atoms with Gasteiger partial charge in [0.25, 0.3) is 0 Å². The maximum Gasteiger partial charge on any atom is 0.0700 e. The van der Waals surface area contributed by atoms with E-state index in [-0.39, 0.29) is 0 Å². The minimum absolute atomic E-state index is 0.657. The molecule has 1 aromatic rings. The molecule has 0 spiro atoms. The monoisotopic (exact) mass is 392 g/mol. The first-order chi connectivity index (χ1) is 9.27. The van der Waals surface area contributed by atoms with Crippen molar-refractivity contribution < 1.29 is 9.47 Å². The van der Waals surface area contributed by atoms with Gasteiger partial charge in [-0.05, 0) is 36.8 Å². The van der Waals surface area contributed by atoms with Crippen molar-refractivity contribution in [3.63, 3.8) is 0 Å². The smallest absolute Gasteiger partial charge is 0.0700 e. The summed E-state index contributed by atoms with van der Waals surface area (Å²) in [6.07, 6.45) is 3.38. The zero-order chi connectivity index (χ0) is 13.9. The van der Waals surface area contributed by atoms with Crippen molar-refractivity contribution in [3.8, 4) is 0 Å². The third kappa shape index (κ3) is 7.45. The van der Waals surface area contributed by atoms with Crippen molar-refractivity contribution in [1.82, 2.24) is 0 Å². The van der Waals surface area contributed by atoms with Gasteiger partial charge in [-0.15, -0.1) is 0 Å². The molecule has 108 valence electrons. The fourth-order valence-electron chi connectivity index (χ4n) is 1.93. The van der Waals surface area contributed by atoms with Gasteiger partial charge in [-0.25, -0.2) is 0 Å². The van der Waals surface area contributed by atoms with Gasteiger partial charge in [-0.2, -0.15) is 0 Å². The third-order valence-corrected chi connectivity index (χ3v) is 4.71. The minimum atomic E-state index is 0.657. The summed E-state index contributed by atoms with van der Waals surface area (Å²) < 4.78 is 11.6. The van der Waals surface area contributed by atoms with Crippen LogP contribution in [-0.2, 0) is 15.9 Å². The van der Waals surface area contributed by atoms with Gasteiger partial charge >= 0.3 is 0 Å². The first-order valence-electron chi connectivity index (χ1n) is 6.64. The molecule has 2 nitrogen and oxygen atoms in total. The summed E-state index contributed by atoms with van der Waals surface area (Å²) in [5, 5.41) is 1.03. The maximum atomic E-state index is 5.49. The molecule has 0 aliphatic rings. The molecule has 1 atom stereocenters. The van der Waals surface area contributed by atoms with Gasteiger partial charge in [0.2, 0.25) is 0 Å². The lowest BCUT2D eigenvalue weighted by atomic mass is 9.97. The maximum absolute atomic E-state index is 5.49. The summed E-state index contributed by atoms with van der Waals surface area (Å²) >= 11 is 7.23. The topological polar surface area (TPSA) is 18.5 Å². The summed E-state index contributed by atoms with van der Waals surface area (Å²) in [7, 11) is 1.70. The van der Waals surface area contributed by atoms with Crippen LogP contribution in [0.5, 0.6) is 0 Å². The van der Waals surface area contributed by atoms with Crippen LogP contribution in [0, 0.1) is 5.92 Å². The highest BCUT2D eigenvalue weighted by atomic mass is 79.9. The van der Waals surface area contributed by atoms with Crippen LogP contribution in [0.25, 0.3) is 0 Å².